The van der Waals surface area contributed by atoms with Crippen LogP contribution in [0.1, 0.15) is 24.0 Å². The molecule has 4 nitrogen and oxygen atoms in total. The standard InChI is InChI=1S/C17H27N3O.ClH/c1-13-6-4-8-16(14(13)2)19-17(21)12-20(3)11-15-7-5-9-18-10-15;/h4,6,8,15,18H,5,7,9-12H2,1-3H3,(H,19,21);1H. The molecule has 0 radical (unpaired) electrons. The van der Waals surface area contributed by atoms with Gasteiger partial charge in [-0.2, -0.15) is 0 Å². The molecule has 1 saturated heterocycles. The zero-order valence-electron chi connectivity index (χ0n) is 13.8. The van der Waals surface area contributed by atoms with Gasteiger partial charge in [0.2, 0.25) is 5.91 Å². The van der Waals surface area contributed by atoms with Crippen molar-refractivity contribution in [3.05, 3.63) is 29.3 Å². The Bertz CT molecular complexity index is 487. The number of rotatable bonds is 5. The van der Waals surface area contributed by atoms with Crippen molar-refractivity contribution in [2.24, 2.45) is 5.92 Å². The van der Waals surface area contributed by atoms with Crippen LogP contribution < -0.4 is 10.6 Å². The van der Waals surface area contributed by atoms with Gasteiger partial charge in [0.25, 0.3) is 0 Å². The summed E-state index contributed by atoms with van der Waals surface area (Å²) in [5.41, 5.74) is 3.27. The molecule has 124 valence electrons. The van der Waals surface area contributed by atoms with E-state index >= 15 is 0 Å². The van der Waals surface area contributed by atoms with Crippen LogP contribution in [-0.4, -0.2) is 44.0 Å². The molecule has 22 heavy (non-hydrogen) atoms. The Morgan fingerprint density at radius 2 is 2.18 bits per heavy atom. The van der Waals surface area contributed by atoms with E-state index in [4.69, 9.17) is 0 Å². The van der Waals surface area contributed by atoms with Gasteiger partial charge in [0, 0.05) is 12.2 Å². The van der Waals surface area contributed by atoms with Gasteiger partial charge in [0.15, 0.2) is 0 Å². The molecule has 0 aliphatic carbocycles. The van der Waals surface area contributed by atoms with E-state index in [1.54, 1.807) is 0 Å². The van der Waals surface area contributed by atoms with Gasteiger partial charge >= 0.3 is 0 Å². The fourth-order valence-electron chi connectivity index (χ4n) is 2.91. The Balaban J connectivity index is 0.00000242. The molecule has 1 aromatic rings. The molecule has 1 aliphatic heterocycles. The summed E-state index contributed by atoms with van der Waals surface area (Å²) in [6.07, 6.45) is 2.50. The SMILES string of the molecule is Cc1cccc(NC(=O)CN(C)CC2CCCNC2)c1C.Cl. The van der Waals surface area contributed by atoms with E-state index in [0.717, 1.165) is 30.9 Å². The molecule has 1 fully saturated rings. The second-order valence-corrected chi connectivity index (χ2v) is 6.20. The molecule has 1 aliphatic rings. The number of likely N-dealkylation sites (N-methyl/N-ethyl adjacent to an activating group) is 1. The first kappa shape index (κ1) is 18.9. The Labute approximate surface area is 140 Å². The van der Waals surface area contributed by atoms with Gasteiger partial charge in [0.1, 0.15) is 0 Å². The fraction of sp³-hybridized carbons (Fsp3) is 0.588. The molecule has 1 unspecified atom stereocenters. The van der Waals surface area contributed by atoms with Gasteiger partial charge in [-0.3, -0.25) is 9.69 Å². The third-order valence-electron chi connectivity index (χ3n) is 4.26. The minimum Gasteiger partial charge on any atom is -0.325 e. The summed E-state index contributed by atoms with van der Waals surface area (Å²) in [6, 6.07) is 6.01. The lowest BCUT2D eigenvalue weighted by atomic mass is 9.99. The molecular weight excluding hydrogens is 298 g/mol. The van der Waals surface area contributed by atoms with Gasteiger partial charge in [0.05, 0.1) is 6.54 Å². The highest BCUT2D eigenvalue weighted by molar-refractivity contribution is 5.93. The maximum absolute atomic E-state index is 12.2. The molecule has 2 N–H and O–H groups in total. The van der Waals surface area contributed by atoms with Crippen LogP contribution in [0.4, 0.5) is 5.69 Å². The van der Waals surface area contributed by atoms with Crippen molar-refractivity contribution in [3.8, 4) is 0 Å². The van der Waals surface area contributed by atoms with Crippen LogP contribution >= 0.6 is 12.4 Å². The van der Waals surface area contributed by atoms with Crippen molar-refractivity contribution < 1.29 is 4.79 Å². The highest BCUT2D eigenvalue weighted by atomic mass is 35.5. The normalized spacial score (nSPS) is 17.9. The summed E-state index contributed by atoms with van der Waals surface area (Å²) < 4.78 is 0. The van der Waals surface area contributed by atoms with Crippen LogP contribution in [0.15, 0.2) is 18.2 Å². The molecule has 0 aromatic heterocycles. The average Bonchev–Trinajstić information content (AvgIpc) is 2.44. The summed E-state index contributed by atoms with van der Waals surface area (Å²) in [5.74, 6) is 0.729. The maximum atomic E-state index is 12.2. The lowest BCUT2D eigenvalue weighted by molar-refractivity contribution is -0.117. The number of carbonyl (C=O) groups is 1. The lowest BCUT2D eigenvalue weighted by Crippen LogP contribution is -2.39. The van der Waals surface area contributed by atoms with E-state index in [-0.39, 0.29) is 18.3 Å². The first-order valence-electron chi connectivity index (χ1n) is 7.81. The molecule has 1 atom stereocenters. The quantitative estimate of drug-likeness (QED) is 0.874. The number of benzene rings is 1. The smallest absolute Gasteiger partial charge is 0.238 e. The second-order valence-electron chi connectivity index (χ2n) is 6.20. The summed E-state index contributed by atoms with van der Waals surface area (Å²) in [5, 5.41) is 6.44. The van der Waals surface area contributed by atoms with Gasteiger partial charge < -0.3 is 10.6 Å². The molecule has 0 spiro atoms. The first-order chi connectivity index (χ1) is 10.1. The number of piperidine rings is 1. The third kappa shape index (κ3) is 5.59. The van der Waals surface area contributed by atoms with Gasteiger partial charge in [-0.1, -0.05) is 12.1 Å². The topological polar surface area (TPSA) is 44.4 Å². The predicted octanol–water partition coefficient (Wildman–Crippen LogP) is 2.60. The van der Waals surface area contributed by atoms with Crippen molar-refractivity contribution in [1.82, 2.24) is 10.2 Å². The Kier molecular flexibility index (Phi) is 7.87. The molecular formula is C17H28ClN3O. The summed E-state index contributed by atoms with van der Waals surface area (Å²) in [4.78, 5) is 14.3. The zero-order chi connectivity index (χ0) is 15.2. The van der Waals surface area contributed by atoms with Gasteiger partial charge in [-0.25, -0.2) is 0 Å². The number of hydrogen-bond acceptors (Lipinski definition) is 3. The number of halogens is 1. The largest absolute Gasteiger partial charge is 0.325 e. The Morgan fingerprint density at radius 1 is 1.41 bits per heavy atom. The number of nitrogens with zero attached hydrogens (tertiary/aromatic N) is 1. The highest BCUT2D eigenvalue weighted by Gasteiger charge is 2.16. The maximum Gasteiger partial charge on any atom is 0.238 e. The molecule has 1 aromatic carbocycles. The van der Waals surface area contributed by atoms with Crippen molar-refractivity contribution in [3.63, 3.8) is 0 Å². The van der Waals surface area contributed by atoms with Crippen molar-refractivity contribution in [1.29, 1.82) is 0 Å². The van der Waals surface area contributed by atoms with Crippen LogP contribution in [0.25, 0.3) is 0 Å². The summed E-state index contributed by atoms with van der Waals surface area (Å²) >= 11 is 0. The van der Waals surface area contributed by atoms with Crippen LogP contribution in [0, 0.1) is 19.8 Å². The fourth-order valence-corrected chi connectivity index (χ4v) is 2.91. The van der Waals surface area contributed by atoms with Crippen LogP contribution in [-0.2, 0) is 4.79 Å². The number of hydrogen-bond donors (Lipinski definition) is 2. The van der Waals surface area contributed by atoms with Crippen molar-refractivity contribution >= 4 is 24.0 Å². The minimum atomic E-state index is 0. The lowest BCUT2D eigenvalue weighted by Gasteiger charge is -2.27. The monoisotopic (exact) mass is 325 g/mol. The van der Waals surface area contributed by atoms with E-state index < -0.39 is 0 Å². The number of aryl methyl sites for hydroxylation is 1. The minimum absolute atomic E-state index is 0. The van der Waals surface area contributed by atoms with E-state index in [1.165, 1.54) is 18.4 Å². The van der Waals surface area contributed by atoms with Gasteiger partial charge in [-0.05, 0) is 69.9 Å². The average molecular weight is 326 g/mol. The number of nitrogens with one attached hydrogen (secondary N) is 2. The summed E-state index contributed by atoms with van der Waals surface area (Å²) in [6.45, 7) is 7.74. The van der Waals surface area contributed by atoms with E-state index in [1.807, 2.05) is 26.1 Å². The van der Waals surface area contributed by atoms with Crippen LogP contribution in [0.5, 0.6) is 0 Å². The van der Waals surface area contributed by atoms with E-state index in [2.05, 4.69) is 28.5 Å². The number of carbonyl (C=O) groups excluding carboxylic acids is 1. The predicted molar refractivity (Wildman–Crippen MR) is 94.9 cm³/mol. The van der Waals surface area contributed by atoms with Crippen LogP contribution in [0.2, 0.25) is 0 Å². The number of amides is 1. The van der Waals surface area contributed by atoms with Crippen molar-refractivity contribution in [2.45, 2.75) is 26.7 Å². The molecule has 0 bridgehead atoms. The first-order valence-corrected chi connectivity index (χ1v) is 7.81. The Hall–Kier alpha value is -1.10. The molecule has 1 heterocycles. The zero-order valence-corrected chi connectivity index (χ0v) is 14.6. The number of anilines is 1. The molecule has 2 rings (SSSR count). The highest BCUT2D eigenvalue weighted by Crippen LogP contribution is 2.18. The molecule has 0 saturated carbocycles. The molecule has 1 amide bonds. The molecule has 5 heteroatoms. The van der Waals surface area contributed by atoms with E-state index in [9.17, 15) is 4.79 Å². The van der Waals surface area contributed by atoms with Gasteiger partial charge in [-0.15, -0.1) is 12.4 Å². The van der Waals surface area contributed by atoms with Crippen LogP contribution in [0.3, 0.4) is 0 Å². The summed E-state index contributed by atoms with van der Waals surface area (Å²) in [7, 11) is 2.03. The Morgan fingerprint density at radius 3 is 2.86 bits per heavy atom. The van der Waals surface area contributed by atoms with Crippen molar-refractivity contribution in [2.75, 3.05) is 38.5 Å². The second kappa shape index (κ2) is 9.13. The van der Waals surface area contributed by atoms with E-state index in [0.29, 0.717) is 12.5 Å². The third-order valence-corrected chi connectivity index (χ3v) is 4.26.